The Balaban J connectivity index is 1.68. The van der Waals surface area contributed by atoms with Crippen molar-refractivity contribution in [3.8, 4) is 0 Å². The number of hydrogen-bond acceptors (Lipinski definition) is 4. The van der Waals surface area contributed by atoms with Crippen molar-refractivity contribution in [3.05, 3.63) is 47.7 Å². The summed E-state index contributed by atoms with van der Waals surface area (Å²) in [6.45, 7) is 0. The van der Waals surface area contributed by atoms with E-state index >= 15 is 0 Å². The van der Waals surface area contributed by atoms with E-state index in [1.807, 2.05) is 0 Å². The lowest BCUT2D eigenvalue weighted by atomic mass is 10.3. The average Bonchev–Trinajstić information content (AvgIpc) is 3.28. The largest absolute Gasteiger partial charge is 0.348 e. The number of carbonyl (C=O) groups is 1. The predicted octanol–water partition coefficient (Wildman–Crippen LogP) is 2.39. The highest BCUT2D eigenvalue weighted by Gasteiger charge is 2.24. The van der Waals surface area contributed by atoms with Crippen LogP contribution in [0.1, 0.15) is 23.3 Å². The molecule has 1 amide bonds. The van der Waals surface area contributed by atoms with Gasteiger partial charge >= 0.3 is 0 Å². The molecule has 0 bridgehead atoms. The second kappa shape index (κ2) is 5.43. The van der Waals surface area contributed by atoms with Gasteiger partial charge in [0.15, 0.2) is 23.1 Å². The molecule has 1 fully saturated rings. The highest BCUT2D eigenvalue weighted by atomic mass is 19.2. The van der Waals surface area contributed by atoms with Crippen molar-refractivity contribution in [2.75, 3.05) is 5.32 Å². The third kappa shape index (κ3) is 3.31. The first-order valence-corrected chi connectivity index (χ1v) is 6.48. The van der Waals surface area contributed by atoms with Crippen molar-refractivity contribution in [1.29, 1.82) is 0 Å². The molecule has 2 N–H and O–H groups in total. The first kappa shape index (κ1) is 13.4. The van der Waals surface area contributed by atoms with E-state index in [0.717, 1.165) is 25.0 Å². The second-order valence-corrected chi connectivity index (χ2v) is 4.81. The number of halogens is 2. The number of carbonyl (C=O) groups excluding carboxylic acids is 1. The molecule has 0 aliphatic heterocycles. The normalized spacial score (nSPS) is 13.8. The Labute approximate surface area is 119 Å². The lowest BCUT2D eigenvalue weighted by Crippen LogP contribution is -2.26. The third-order valence-corrected chi connectivity index (χ3v) is 3.00. The number of anilines is 2. The summed E-state index contributed by atoms with van der Waals surface area (Å²) in [5.41, 5.74) is 0.566. The summed E-state index contributed by atoms with van der Waals surface area (Å²) in [5.74, 6) is -1.79. The van der Waals surface area contributed by atoms with E-state index < -0.39 is 11.6 Å². The molecule has 1 aliphatic rings. The van der Waals surface area contributed by atoms with Gasteiger partial charge in [-0.3, -0.25) is 4.79 Å². The monoisotopic (exact) mass is 290 g/mol. The highest BCUT2D eigenvalue weighted by molar-refractivity contribution is 5.92. The van der Waals surface area contributed by atoms with Gasteiger partial charge in [-0.25, -0.2) is 8.78 Å². The molecule has 1 heterocycles. The summed E-state index contributed by atoms with van der Waals surface area (Å²) in [7, 11) is 0. The molecule has 5 nitrogen and oxygen atoms in total. The molecule has 1 aromatic heterocycles. The van der Waals surface area contributed by atoms with E-state index in [1.165, 1.54) is 12.1 Å². The van der Waals surface area contributed by atoms with E-state index in [9.17, 15) is 13.6 Å². The average molecular weight is 290 g/mol. The van der Waals surface area contributed by atoms with Crippen LogP contribution in [0.2, 0.25) is 0 Å². The molecular formula is C14H12F2N4O. The van der Waals surface area contributed by atoms with Crippen LogP contribution in [0.25, 0.3) is 0 Å². The summed E-state index contributed by atoms with van der Waals surface area (Å²) in [5, 5.41) is 13.2. The predicted molar refractivity (Wildman–Crippen MR) is 72.2 cm³/mol. The Morgan fingerprint density at radius 3 is 2.52 bits per heavy atom. The van der Waals surface area contributed by atoms with Gasteiger partial charge in [-0.15, -0.1) is 10.2 Å². The van der Waals surface area contributed by atoms with Crippen molar-refractivity contribution in [3.63, 3.8) is 0 Å². The highest BCUT2D eigenvalue weighted by Crippen LogP contribution is 2.19. The van der Waals surface area contributed by atoms with E-state index in [-0.39, 0.29) is 17.6 Å². The maximum absolute atomic E-state index is 13.1. The van der Waals surface area contributed by atoms with Crippen LogP contribution in [0.3, 0.4) is 0 Å². The summed E-state index contributed by atoms with van der Waals surface area (Å²) in [6.07, 6.45) is 1.99. The fourth-order valence-electron chi connectivity index (χ4n) is 1.73. The minimum absolute atomic E-state index is 0.220. The smallest absolute Gasteiger partial charge is 0.272 e. The van der Waals surface area contributed by atoms with Crippen LogP contribution in [0, 0.1) is 11.6 Å². The van der Waals surface area contributed by atoms with E-state index in [2.05, 4.69) is 20.8 Å². The number of aromatic nitrogens is 2. The summed E-state index contributed by atoms with van der Waals surface area (Å²) >= 11 is 0. The number of benzene rings is 1. The molecule has 1 saturated carbocycles. The fourth-order valence-corrected chi connectivity index (χ4v) is 1.73. The van der Waals surface area contributed by atoms with Crippen LogP contribution in [0.4, 0.5) is 20.3 Å². The van der Waals surface area contributed by atoms with E-state index in [4.69, 9.17) is 0 Å². The zero-order chi connectivity index (χ0) is 14.8. The van der Waals surface area contributed by atoms with Crippen LogP contribution in [0.5, 0.6) is 0 Å². The molecule has 0 spiro atoms. The Kier molecular flexibility index (Phi) is 3.47. The second-order valence-electron chi connectivity index (χ2n) is 4.81. The zero-order valence-electron chi connectivity index (χ0n) is 10.9. The lowest BCUT2D eigenvalue weighted by molar-refractivity contribution is 0.0945. The molecule has 2 aromatic rings. The number of amides is 1. The van der Waals surface area contributed by atoms with E-state index in [0.29, 0.717) is 11.5 Å². The molecule has 3 rings (SSSR count). The topological polar surface area (TPSA) is 66.9 Å². The van der Waals surface area contributed by atoms with Crippen LogP contribution in [-0.2, 0) is 0 Å². The van der Waals surface area contributed by atoms with Crippen molar-refractivity contribution < 1.29 is 13.6 Å². The van der Waals surface area contributed by atoms with Gasteiger partial charge < -0.3 is 10.6 Å². The van der Waals surface area contributed by atoms with Gasteiger partial charge in [0.05, 0.1) is 0 Å². The van der Waals surface area contributed by atoms with Crippen LogP contribution >= 0.6 is 0 Å². The van der Waals surface area contributed by atoms with Crippen LogP contribution < -0.4 is 10.6 Å². The first-order valence-electron chi connectivity index (χ1n) is 6.48. The van der Waals surface area contributed by atoms with Gasteiger partial charge in [-0.1, -0.05) is 0 Å². The molecule has 0 radical (unpaired) electrons. The van der Waals surface area contributed by atoms with Gasteiger partial charge in [-0.2, -0.15) is 0 Å². The molecule has 21 heavy (non-hydrogen) atoms. The Hall–Kier alpha value is -2.57. The van der Waals surface area contributed by atoms with Crippen molar-refractivity contribution in [1.82, 2.24) is 15.5 Å². The number of hydrogen-bond donors (Lipinski definition) is 2. The van der Waals surface area contributed by atoms with Gasteiger partial charge in [0.25, 0.3) is 5.91 Å². The molecule has 1 aromatic carbocycles. The minimum Gasteiger partial charge on any atom is -0.348 e. The van der Waals surface area contributed by atoms with E-state index in [1.54, 1.807) is 6.07 Å². The minimum atomic E-state index is -0.951. The Morgan fingerprint density at radius 2 is 1.90 bits per heavy atom. The molecule has 0 atom stereocenters. The quantitative estimate of drug-likeness (QED) is 0.907. The molecule has 0 saturated heterocycles. The number of nitrogens with zero attached hydrogens (tertiary/aromatic N) is 2. The summed E-state index contributed by atoms with van der Waals surface area (Å²) < 4.78 is 25.9. The number of rotatable bonds is 4. The van der Waals surface area contributed by atoms with Gasteiger partial charge in [-0.05, 0) is 37.1 Å². The van der Waals surface area contributed by atoms with Crippen molar-refractivity contribution >= 4 is 17.4 Å². The summed E-state index contributed by atoms with van der Waals surface area (Å²) in [6, 6.07) is 6.74. The zero-order valence-corrected chi connectivity index (χ0v) is 10.9. The SMILES string of the molecule is O=C(NC1CC1)c1ccc(Nc2ccc(F)c(F)c2)nn1. The molecule has 7 heteroatoms. The standard InChI is InChI=1S/C14H12F2N4O/c15-10-4-3-9(7-11(10)16)17-13-6-5-12(19-20-13)14(21)18-8-1-2-8/h3-8H,1-2H2,(H,17,20)(H,18,21). The van der Waals surface area contributed by atoms with Gasteiger partial charge in [0, 0.05) is 17.8 Å². The maximum Gasteiger partial charge on any atom is 0.272 e. The maximum atomic E-state index is 13.1. The lowest BCUT2D eigenvalue weighted by Gasteiger charge is -2.06. The molecule has 108 valence electrons. The third-order valence-electron chi connectivity index (χ3n) is 3.00. The Bertz CT molecular complexity index is 671. The molecule has 0 unspecified atom stereocenters. The van der Waals surface area contributed by atoms with Gasteiger partial charge in [0.1, 0.15) is 0 Å². The fraction of sp³-hybridized carbons (Fsp3) is 0.214. The summed E-state index contributed by atoms with van der Waals surface area (Å²) in [4.78, 5) is 11.7. The van der Waals surface area contributed by atoms with Crippen LogP contribution in [-0.4, -0.2) is 22.1 Å². The van der Waals surface area contributed by atoms with Crippen molar-refractivity contribution in [2.24, 2.45) is 0 Å². The van der Waals surface area contributed by atoms with Gasteiger partial charge in [0.2, 0.25) is 0 Å². The molecular weight excluding hydrogens is 278 g/mol. The first-order chi connectivity index (χ1) is 10.1. The van der Waals surface area contributed by atoms with Crippen molar-refractivity contribution in [2.45, 2.75) is 18.9 Å². The molecule has 1 aliphatic carbocycles. The van der Waals surface area contributed by atoms with Crippen LogP contribution in [0.15, 0.2) is 30.3 Å². The number of nitrogens with one attached hydrogen (secondary N) is 2. The Morgan fingerprint density at radius 1 is 1.10 bits per heavy atom.